The summed E-state index contributed by atoms with van der Waals surface area (Å²) < 4.78 is 0. The Kier molecular flexibility index (Phi) is 3.33. The van der Waals surface area contributed by atoms with Gasteiger partial charge in [-0.2, -0.15) is 0 Å². The second kappa shape index (κ2) is 5.13. The van der Waals surface area contributed by atoms with E-state index in [0.717, 1.165) is 35.3 Å². The molecular weight excluding hydrogens is 258 g/mol. The van der Waals surface area contributed by atoms with Gasteiger partial charge in [-0.3, -0.25) is 0 Å². The van der Waals surface area contributed by atoms with Crippen LogP contribution in [-0.2, 0) is 6.42 Å². The highest BCUT2D eigenvalue weighted by Gasteiger charge is 2.27. The first-order chi connectivity index (χ1) is 9.20. The number of aryl methyl sites for hydroxylation is 1. The molecule has 6 heteroatoms. The van der Waals surface area contributed by atoms with Gasteiger partial charge in [0.1, 0.15) is 17.5 Å². The van der Waals surface area contributed by atoms with E-state index < -0.39 is 0 Å². The van der Waals surface area contributed by atoms with E-state index in [9.17, 15) is 0 Å². The normalized spacial score (nSPS) is 14.6. The molecule has 100 valence electrons. The highest BCUT2D eigenvalue weighted by molar-refractivity contribution is 7.09. The predicted molar refractivity (Wildman–Crippen MR) is 77.5 cm³/mol. The molecule has 2 heterocycles. The zero-order valence-corrected chi connectivity index (χ0v) is 11.7. The van der Waals surface area contributed by atoms with E-state index in [1.807, 2.05) is 6.92 Å². The molecule has 19 heavy (non-hydrogen) atoms. The minimum atomic E-state index is 0.519. The molecule has 0 spiro atoms. The molecule has 0 amide bonds. The Morgan fingerprint density at radius 2 is 2.21 bits per heavy atom. The minimum Gasteiger partial charge on any atom is -0.384 e. The number of rotatable bonds is 5. The third-order valence-corrected chi connectivity index (χ3v) is 4.04. The number of aromatic nitrogens is 3. The Balaban J connectivity index is 1.60. The molecule has 2 aromatic rings. The molecule has 3 rings (SSSR count). The number of nitrogens with zero attached hydrogens (tertiary/aromatic N) is 3. The van der Waals surface area contributed by atoms with E-state index in [0.29, 0.717) is 11.7 Å². The van der Waals surface area contributed by atoms with Gasteiger partial charge in [-0.15, -0.1) is 11.3 Å². The molecule has 1 aliphatic carbocycles. The summed E-state index contributed by atoms with van der Waals surface area (Å²) in [5.41, 5.74) is 6.90. The summed E-state index contributed by atoms with van der Waals surface area (Å²) in [6, 6.07) is 1.79. The second-order valence-electron chi connectivity index (χ2n) is 4.87. The van der Waals surface area contributed by atoms with Gasteiger partial charge in [-0.1, -0.05) is 0 Å². The molecule has 0 bridgehead atoms. The zero-order valence-electron chi connectivity index (χ0n) is 10.9. The third-order valence-electron chi connectivity index (χ3n) is 3.02. The van der Waals surface area contributed by atoms with Crippen molar-refractivity contribution >= 4 is 23.0 Å². The van der Waals surface area contributed by atoms with Crippen LogP contribution in [0.5, 0.6) is 0 Å². The number of thiazole rings is 1. The predicted octanol–water partition coefficient (Wildman–Crippen LogP) is 2.36. The van der Waals surface area contributed by atoms with Gasteiger partial charge < -0.3 is 11.1 Å². The standard InChI is InChI=1S/C13H17N5S/c1-8-7-19-12(16-8)4-5-15-11-6-10(14)17-13(18-11)9-2-3-9/h6-7,9H,2-5H2,1H3,(H3,14,15,17,18). The first-order valence-corrected chi connectivity index (χ1v) is 7.38. The molecule has 0 aromatic carbocycles. The van der Waals surface area contributed by atoms with Gasteiger partial charge in [0.05, 0.1) is 5.01 Å². The third kappa shape index (κ3) is 3.20. The van der Waals surface area contributed by atoms with Crippen molar-refractivity contribution in [2.24, 2.45) is 0 Å². The fraction of sp³-hybridized carbons (Fsp3) is 0.462. The van der Waals surface area contributed by atoms with Gasteiger partial charge >= 0.3 is 0 Å². The van der Waals surface area contributed by atoms with Crippen molar-refractivity contribution in [1.82, 2.24) is 15.0 Å². The van der Waals surface area contributed by atoms with Gasteiger partial charge in [0.15, 0.2) is 0 Å². The lowest BCUT2D eigenvalue weighted by molar-refractivity contribution is 0.916. The largest absolute Gasteiger partial charge is 0.384 e. The molecule has 0 unspecified atom stereocenters. The van der Waals surface area contributed by atoms with Crippen LogP contribution in [0.3, 0.4) is 0 Å². The average molecular weight is 275 g/mol. The smallest absolute Gasteiger partial charge is 0.136 e. The van der Waals surface area contributed by atoms with Crippen molar-refractivity contribution in [2.75, 3.05) is 17.6 Å². The Labute approximate surface area is 116 Å². The van der Waals surface area contributed by atoms with E-state index in [1.54, 1.807) is 17.4 Å². The monoisotopic (exact) mass is 275 g/mol. The van der Waals surface area contributed by atoms with Crippen molar-refractivity contribution in [3.05, 3.63) is 28.0 Å². The Morgan fingerprint density at radius 3 is 2.89 bits per heavy atom. The van der Waals surface area contributed by atoms with Gasteiger partial charge in [0.2, 0.25) is 0 Å². The van der Waals surface area contributed by atoms with Crippen molar-refractivity contribution < 1.29 is 0 Å². The van der Waals surface area contributed by atoms with E-state index in [4.69, 9.17) is 5.73 Å². The summed E-state index contributed by atoms with van der Waals surface area (Å²) in [6.45, 7) is 2.83. The summed E-state index contributed by atoms with van der Waals surface area (Å²) in [6.07, 6.45) is 3.27. The van der Waals surface area contributed by atoms with Crippen LogP contribution in [-0.4, -0.2) is 21.5 Å². The average Bonchev–Trinajstić information content (AvgIpc) is 3.13. The van der Waals surface area contributed by atoms with Crippen LogP contribution in [0.1, 0.15) is 35.3 Å². The molecule has 1 saturated carbocycles. The highest BCUT2D eigenvalue weighted by atomic mass is 32.1. The van der Waals surface area contributed by atoms with Crippen molar-refractivity contribution in [3.63, 3.8) is 0 Å². The van der Waals surface area contributed by atoms with Gasteiger partial charge in [-0.25, -0.2) is 15.0 Å². The first kappa shape index (κ1) is 12.3. The second-order valence-corrected chi connectivity index (χ2v) is 5.81. The molecule has 5 nitrogen and oxygen atoms in total. The number of anilines is 2. The van der Waals surface area contributed by atoms with Crippen LogP contribution < -0.4 is 11.1 Å². The Hall–Kier alpha value is -1.69. The SMILES string of the molecule is Cc1csc(CCNc2cc(N)nc(C3CC3)n2)n1. The van der Waals surface area contributed by atoms with Crippen molar-refractivity contribution in [2.45, 2.75) is 32.1 Å². The summed E-state index contributed by atoms with van der Waals surface area (Å²) in [4.78, 5) is 13.2. The maximum atomic E-state index is 5.81. The zero-order chi connectivity index (χ0) is 13.2. The number of hydrogen-bond acceptors (Lipinski definition) is 6. The van der Waals surface area contributed by atoms with Crippen LogP contribution in [0.15, 0.2) is 11.4 Å². The van der Waals surface area contributed by atoms with Crippen LogP contribution in [0, 0.1) is 6.92 Å². The lowest BCUT2D eigenvalue weighted by Gasteiger charge is -2.07. The number of nitrogens with one attached hydrogen (secondary N) is 1. The van der Waals surface area contributed by atoms with Gasteiger partial charge in [0.25, 0.3) is 0 Å². The number of nitrogen functional groups attached to an aromatic ring is 1. The van der Waals surface area contributed by atoms with Crippen molar-refractivity contribution in [1.29, 1.82) is 0 Å². The first-order valence-electron chi connectivity index (χ1n) is 6.50. The molecule has 1 aliphatic rings. The summed E-state index contributed by atoms with van der Waals surface area (Å²) in [5.74, 6) is 2.77. The molecule has 0 radical (unpaired) electrons. The van der Waals surface area contributed by atoms with Crippen LogP contribution in [0.4, 0.5) is 11.6 Å². The Morgan fingerprint density at radius 1 is 1.37 bits per heavy atom. The molecule has 0 aliphatic heterocycles. The lowest BCUT2D eigenvalue weighted by atomic mass is 10.3. The van der Waals surface area contributed by atoms with Crippen LogP contribution in [0.2, 0.25) is 0 Å². The summed E-state index contributed by atoms with van der Waals surface area (Å²) in [5, 5.41) is 6.52. The maximum absolute atomic E-state index is 5.81. The molecule has 3 N–H and O–H groups in total. The molecule has 2 aromatic heterocycles. The topological polar surface area (TPSA) is 76.7 Å². The fourth-order valence-corrected chi connectivity index (χ4v) is 2.69. The molecular formula is C13H17N5S. The maximum Gasteiger partial charge on any atom is 0.136 e. The molecule has 0 atom stereocenters. The fourth-order valence-electron chi connectivity index (χ4n) is 1.92. The van der Waals surface area contributed by atoms with E-state index >= 15 is 0 Å². The van der Waals surface area contributed by atoms with Crippen LogP contribution in [0.25, 0.3) is 0 Å². The quantitative estimate of drug-likeness (QED) is 0.876. The van der Waals surface area contributed by atoms with Crippen LogP contribution >= 0.6 is 11.3 Å². The number of nitrogens with two attached hydrogens (primary N) is 1. The van der Waals surface area contributed by atoms with Gasteiger partial charge in [0, 0.05) is 36.0 Å². The summed E-state index contributed by atoms with van der Waals surface area (Å²) >= 11 is 1.70. The van der Waals surface area contributed by atoms with Crippen molar-refractivity contribution in [3.8, 4) is 0 Å². The lowest BCUT2D eigenvalue weighted by Crippen LogP contribution is -2.09. The van der Waals surface area contributed by atoms with E-state index in [1.165, 1.54) is 12.8 Å². The summed E-state index contributed by atoms with van der Waals surface area (Å²) in [7, 11) is 0. The Bertz CT molecular complexity index is 576. The number of hydrogen-bond donors (Lipinski definition) is 2. The van der Waals surface area contributed by atoms with E-state index in [2.05, 4.69) is 25.6 Å². The van der Waals surface area contributed by atoms with E-state index in [-0.39, 0.29) is 0 Å². The highest BCUT2D eigenvalue weighted by Crippen LogP contribution is 2.38. The minimum absolute atomic E-state index is 0.519. The van der Waals surface area contributed by atoms with Gasteiger partial charge in [-0.05, 0) is 19.8 Å². The molecule has 0 saturated heterocycles. The molecule has 1 fully saturated rings.